The molecule has 1 amide bonds. The van der Waals surface area contributed by atoms with Crippen molar-refractivity contribution in [2.75, 3.05) is 0 Å². The Morgan fingerprint density at radius 1 is 1.19 bits per heavy atom. The van der Waals surface area contributed by atoms with Gasteiger partial charge in [-0.15, -0.1) is 0 Å². The number of carbonyl (C=O) groups is 1. The van der Waals surface area contributed by atoms with Gasteiger partial charge < -0.3 is 11.1 Å². The molecule has 0 saturated carbocycles. The molecule has 0 aliphatic rings. The Labute approximate surface area is 131 Å². The normalized spacial score (nSPS) is 10.4. The van der Waals surface area contributed by atoms with Gasteiger partial charge in [-0.25, -0.2) is 4.39 Å². The molecule has 0 aromatic heterocycles. The van der Waals surface area contributed by atoms with Crippen LogP contribution in [0.5, 0.6) is 0 Å². The fraction of sp³-hybridized carbons (Fsp3) is 0.188. The van der Waals surface area contributed by atoms with Gasteiger partial charge in [0.15, 0.2) is 0 Å². The van der Waals surface area contributed by atoms with Gasteiger partial charge in [0.2, 0.25) is 5.91 Å². The van der Waals surface area contributed by atoms with Crippen LogP contribution in [0, 0.1) is 5.82 Å². The third-order valence-corrected chi connectivity index (χ3v) is 3.57. The number of hydrogen-bond donors (Lipinski definition) is 2. The lowest BCUT2D eigenvalue weighted by Crippen LogP contribution is -2.25. The monoisotopic (exact) mass is 350 g/mol. The van der Waals surface area contributed by atoms with Crippen molar-refractivity contribution in [3.05, 3.63) is 69.4 Å². The topological polar surface area (TPSA) is 55.1 Å². The first-order chi connectivity index (χ1) is 10.1. The van der Waals surface area contributed by atoms with Crippen LogP contribution in [0.25, 0.3) is 0 Å². The van der Waals surface area contributed by atoms with Crippen LogP contribution >= 0.6 is 15.9 Å². The van der Waals surface area contributed by atoms with Crippen molar-refractivity contribution in [2.45, 2.75) is 19.5 Å². The maximum absolute atomic E-state index is 13.6. The smallest absolute Gasteiger partial charge is 0.224 e. The molecule has 0 atom stereocenters. The van der Waals surface area contributed by atoms with Crippen LogP contribution in [-0.2, 0) is 24.3 Å². The number of nitrogens with one attached hydrogen (secondary N) is 1. The van der Waals surface area contributed by atoms with Gasteiger partial charge in [-0.05, 0) is 34.9 Å². The Kier molecular flexibility index (Phi) is 5.47. The summed E-state index contributed by atoms with van der Waals surface area (Å²) in [5.41, 5.74) is 7.93. The quantitative estimate of drug-likeness (QED) is 0.870. The summed E-state index contributed by atoms with van der Waals surface area (Å²) in [5.74, 6) is -0.594. The van der Waals surface area contributed by atoms with E-state index in [9.17, 15) is 9.18 Å². The predicted octanol–water partition coefficient (Wildman–Crippen LogP) is 2.91. The molecule has 5 heteroatoms. The lowest BCUT2D eigenvalue weighted by Gasteiger charge is -2.08. The van der Waals surface area contributed by atoms with E-state index in [1.807, 2.05) is 24.3 Å². The molecule has 0 aliphatic heterocycles. The van der Waals surface area contributed by atoms with Crippen molar-refractivity contribution >= 4 is 21.8 Å². The van der Waals surface area contributed by atoms with E-state index in [-0.39, 0.29) is 18.1 Å². The van der Waals surface area contributed by atoms with Gasteiger partial charge >= 0.3 is 0 Å². The molecule has 0 bridgehead atoms. The Morgan fingerprint density at radius 2 is 1.95 bits per heavy atom. The summed E-state index contributed by atoms with van der Waals surface area (Å²) in [6.07, 6.45) is 0.0157. The summed E-state index contributed by atoms with van der Waals surface area (Å²) < 4.78 is 14.3. The second kappa shape index (κ2) is 7.33. The van der Waals surface area contributed by atoms with Gasteiger partial charge in [0.25, 0.3) is 0 Å². The van der Waals surface area contributed by atoms with Crippen LogP contribution in [0.15, 0.2) is 46.9 Å². The van der Waals surface area contributed by atoms with Crippen LogP contribution in [-0.4, -0.2) is 5.91 Å². The van der Waals surface area contributed by atoms with Gasteiger partial charge in [-0.2, -0.15) is 0 Å². The van der Waals surface area contributed by atoms with Gasteiger partial charge in [0.05, 0.1) is 6.42 Å². The summed E-state index contributed by atoms with van der Waals surface area (Å²) in [5, 5.41) is 2.78. The summed E-state index contributed by atoms with van der Waals surface area (Å²) >= 11 is 3.27. The van der Waals surface area contributed by atoms with Crippen molar-refractivity contribution < 1.29 is 9.18 Å². The molecule has 0 radical (unpaired) electrons. The molecule has 2 aromatic rings. The minimum atomic E-state index is -0.376. The SMILES string of the molecule is NCc1cccc(CNC(=O)Cc2cc(Br)ccc2F)c1. The molecule has 0 spiro atoms. The summed E-state index contributed by atoms with van der Waals surface area (Å²) in [6.45, 7) is 0.868. The molecule has 3 nitrogen and oxygen atoms in total. The number of halogens is 2. The number of hydrogen-bond acceptors (Lipinski definition) is 2. The average molecular weight is 351 g/mol. The van der Waals surface area contributed by atoms with Gasteiger partial charge in [0.1, 0.15) is 5.82 Å². The van der Waals surface area contributed by atoms with E-state index >= 15 is 0 Å². The van der Waals surface area contributed by atoms with E-state index in [2.05, 4.69) is 21.2 Å². The van der Waals surface area contributed by atoms with Crippen LogP contribution in [0.3, 0.4) is 0 Å². The van der Waals surface area contributed by atoms with E-state index in [1.165, 1.54) is 6.07 Å². The van der Waals surface area contributed by atoms with Crippen molar-refractivity contribution in [1.82, 2.24) is 5.32 Å². The Hall–Kier alpha value is -1.72. The van der Waals surface area contributed by atoms with Crippen LogP contribution in [0.2, 0.25) is 0 Å². The third kappa shape index (κ3) is 4.65. The average Bonchev–Trinajstić information content (AvgIpc) is 2.49. The highest BCUT2D eigenvalue weighted by atomic mass is 79.9. The van der Waals surface area contributed by atoms with Gasteiger partial charge in [0, 0.05) is 17.6 Å². The number of rotatable bonds is 5. The van der Waals surface area contributed by atoms with E-state index in [0.717, 1.165) is 15.6 Å². The highest BCUT2D eigenvalue weighted by Crippen LogP contribution is 2.16. The largest absolute Gasteiger partial charge is 0.352 e. The maximum atomic E-state index is 13.6. The van der Waals surface area contributed by atoms with Crippen LogP contribution in [0.4, 0.5) is 4.39 Å². The molecule has 3 N–H and O–H groups in total. The Bertz CT molecular complexity index is 646. The van der Waals surface area contributed by atoms with Crippen molar-refractivity contribution in [1.29, 1.82) is 0 Å². The molecule has 2 aromatic carbocycles. The lowest BCUT2D eigenvalue weighted by atomic mass is 10.1. The molecular formula is C16H16BrFN2O. The lowest BCUT2D eigenvalue weighted by molar-refractivity contribution is -0.120. The Morgan fingerprint density at radius 3 is 2.71 bits per heavy atom. The zero-order valence-electron chi connectivity index (χ0n) is 11.4. The summed E-state index contributed by atoms with van der Waals surface area (Å²) in [7, 11) is 0. The fourth-order valence-electron chi connectivity index (χ4n) is 1.98. The van der Waals surface area contributed by atoms with Crippen molar-refractivity contribution in [3.8, 4) is 0 Å². The first-order valence-corrected chi connectivity index (χ1v) is 7.36. The van der Waals surface area contributed by atoms with E-state index in [0.29, 0.717) is 18.7 Å². The van der Waals surface area contributed by atoms with Crippen molar-refractivity contribution in [3.63, 3.8) is 0 Å². The first kappa shape index (κ1) is 15.7. The molecule has 21 heavy (non-hydrogen) atoms. The second-order valence-corrected chi connectivity index (χ2v) is 5.63. The number of benzene rings is 2. The van der Waals surface area contributed by atoms with Crippen molar-refractivity contribution in [2.24, 2.45) is 5.73 Å². The highest BCUT2D eigenvalue weighted by molar-refractivity contribution is 9.10. The fourth-order valence-corrected chi connectivity index (χ4v) is 2.39. The zero-order valence-corrected chi connectivity index (χ0v) is 13.0. The molecular weight excluding hydrogens is 335 g/mol. The zero-order chi connectivity index (χ0) is 15.2. The standard InChI is InChI=1S/C16H16BrFN2O/c17-14-4-5-15(18)13(7-14)8-16(21)20-10-12-3-1-2-11(6-12)9-19/h1-7H,8-10,19H2,(H,20,21). The molecule has 2 rings (SSSR count). The maximum Gasteiger partial charge on any atom is 0.224 e. The Balaban J connectivity index is 1.94. The molecule has 0 aliphatic carbocycles. The van der Waals surface area contributed by atoms with Gasteiger partial charge in [-0.3, -0.25) is 4.79 Å². The third-order valence-electron chi connectivity index (χ3n) is 3.08. The summed E-state index contributed by atoms with van der Waals surface area (Å²) in [4.78, 5) is 11.9. The summed E-state index contributed by atoms with van der Waals surface area (Å²) in [6, 6.07) is 12.3. The minimum absolute atomic E-state index is 0.0157. The van der Waals surface area contributed by atoms with E-state index < -0.39 is 0 Å². The minimum Gasteiger partial charge on any atom is -0.352 e. The van der Waals surface area contributed by atoms with E-state index in [4.69, 9.17) is 5.73 Å². The number of carbonyl (C=O) groups excluding carboxylic acids is 1. The van der Waals surface area contributed by atoms with Crippen LogP contribution in [0.1, 0.15) is 16.7 Å². The molecule has 0 fully saturated rings. The first-order valence-electron chi connectivity index (χ1n) is 6.57. The highest BCUT2D eigenvalue weighted by Gasteiger charge is 2.08. The number of nitrogens with two attached hydrogens (primary N) is 1. The van der Waals surface area contributed by atoms with E-state index in [1.54, 1.807) is 12.1 Å². The second-order valence-electron chi connectivity index (χ2n) is 4.71. The predicted molar refractivity (Wildman–Crippen MR) is 84.0 cm³/mol. The molecule has 0 saturated heterocycles. The number of amides is 1. The molecule has 110 valence electrons. The van der Waals surface area contributed by atoms with Crippen LogP contribution < -0.4 is 11.1 Å². The molecule has 0 heterocycles. The van der Waals surface area contributed by atoms with Gasteiger partial charge in [-0.1, -0.05) is 40.2 Å². The molecule has 0 unspecified atom stereocenters.